The SMILES string of the molecule is CCCCC/C=C\C/C=C\C/C=C\C/C=C\CCCC(=O)NCCO.CCCCC/C=C\C/C=C\C/C=C\C/C=C\CCCC(=O)NCCc1ccc(O)c(O)c1.CCCCC/C=C\C/C=C\C/C=C\C/C=C\CCCC(=O)OC(CO)CO.CCCCC/C=C\C/C=C\C/C=C\C/C=C\CCCCOC(CO)CO.CCCCCCCC/C=C\CCCCCCCC(=O)NCCc1ccc(O)c(O)c1. The molecule has 792 valence electrons. The van der Waals surface area contributed by atoms with Crippen LogP contribution < -0.4 is 16.0 Å². The van der Waals surface area contributed by atoms with Crippen LogP contribution in [-0.4, -0.2) is 141 Å². The van der Waals surface area contributed by atoms with Crippen LogP contribution in [0.15, 0.2) is 243 Å². The summed E-state index contributed by atoms with van der Waals surface area (Å²) in [6.45, 7) is 12.3. The van der Waals surface area contributed by atoms with E-state index in [0.29, 0.717) is 71.2 Å². The number of aliphatic hydroxyl groups is 5. The number of phenolic OH excluding ortho intramolecular Hbond substituents is 4. The second-order valence-corrected chi connectivity index (χ2v) is 35.1. The minimum atomic E-state index is -0.797. The van der Waals surface area contributed by atoms with Gasteiger partial charge in [-0.1, -0.05) is 356 Å². The van der Waals surface area contributed by atoms with Gasteiger partial charge in [0.05, 0.1) is 33.0 Å². The Morgan fingerprint density at radius 3 is 0.771 bits per heavy atom. The highest BCUT2D eigenvalue weighted by molar-refractivity contribution is 5.76. The number of aromatic hydroxyl groups is 4. The number of unbranched alkanes of at least 4 members (excludes halogenated alkanes) is 28. The van der Waals surface area contributed by atoms with Gasteiger partial charge in [0.25, 0.3) is 0 Å². The van der Waals surface area contributed by atoms with Gasteiger partial charge in [-0.05, 0) is 267 Å². The van der Waals surface area contributed by atoms with Crippen molar-refractivity contribution in [3.8, 4) is 23.0 Å². The van der Waals surface area contributed by atoms with Gasteiger partial charge in [0.1, 0.15) is 12.2 Å². The zero-order valence-corrected chi connectivity index (χ0v) is 88.2. The van der Waals surface area contributed by atoms with E-state index in [2.05, 4.69) is 257 Å². The maximum atomic E-state index is 11.9. The molecule has 18 nitrogen and oxygen atoms in total. The number of rotatable bonds is 86. The number of nitrogens with one attached hydrogen (secondary N) is 3. The quantitative estimate of drug-likeness (QED) is 0.0127. The number of amides is 3. The molecule has 0 aliphatic heterocycles. The first kappa shape index (κ1) is 135. The third-order valence-corrected chi connectivity index (χ3v) is 22.0. The molecule has 0 aliphatic carbocycles. The van der Waals surface area contributed by atoms with Crippen LogP contribution in [0.5, 0.6) is 23.0 Å². The third-order valence-electron chi connectivity index (χ3n) is 22.0. The number of ether oxygens (including phenoxy) is 2. The van der Waals surface area contributed by atoms with Crippen LogP contribution in [0.25, 0.3) is 0 Å². The molecule has 0 aliphatic rings. The minimum absolute atomic E-state index is 0.00289. The van der Waals surface area contributed by atoms with E-state index in [1.807, 2.05) is 0 Å². The van der Waals surface area contributed by atoms with Gasteiger partial charge in [0.2, 0.25) is 17.7 Å². The molecule has 2 aromatic carbocycles. The van der Waals surface area contributed by atoms with Crippen molar-refractivity contribution in [2.45, 2.75) is 406 Å². The number of carbonyl (C=O) groups excluding carboxylic acids is 4. The summed E-state index contributed by atoms with van der Waals surface area (Å²) in [6, 6.07) is 9.48. The van der Waals surface area contributed by atoms with E-state index in [1.165, 1.54) is 198 Å². The van der Waals surface area contributed by atoms with Crippen LogP contribution in [0.2, 0.25) is 0 Å². The standard InChI is InChI=1S/C28H41NO3.C26H43NO3.C23H38O4.C23H40O3.C22H37NO2/c1-2-3-4-5-6-7-8-9-10-11-12-13-14-15-16-17-18-19-28(32)29-23-22-25-20-21-26(30)27(31)24-25;1-2-3-4-5-6-7-8-9-10-11-12-13-14-15-16-17-26(30)27-21-20-23-18-19-24(28)25(29)22-23;1-2-3-4-5-6-7-8-9-10-11-12-13-14-15-16-17-18-19-23(26)27-22(20-24)21-25;1-2-3-4-5-6-7-8-9-10-11-12-13-14-15-16-17-18-19-20-26-23(21-24)22-25;1-2-3-4-5-6-7-8-9-10-11-12-13-14-15-16-17-18-19-22(25)23-20-21-24/h6-7,9-10,12-13,15-16,20-21,24,30-31H,2-5,8,11,14,17-19,22-23H2,1H3,(H,29,32);9-10,18-19,22,28-29H,2-8,11-17,20-21H2,1H3,(H,27,30);6-7,9-10,12-13,15-16,22,24-25H,2-5,8,11,14,17-21H2,1H3;6-7,9-10,12-13,15-16,23-25H,2-5,8,11,14,17-22H2,1H3;6-7,9-10,12-13,15-16,24H,2-5,8,11,14,17-21H2,1H3,(H,23,25)/b7-6-,10-9-,13-12-,16-15-;10-9-;3*7-6-,10-9-,13-12-,16-15-. The van der Waals surface area contributed by atoms with E-state index in [9.17, 15) is 39.6 Å². The molecule has 0 unspecified atom stereocenters. The van der Waals surface area contributed by atoms with Crippen LogP contribution in [0.4, 0.5) is 0 Å². The van der Waals surface area contributed by atoms with Gasteiger partial charge in [-0.15, -0.1) is 0 Å². The Hall–Kier alpha value is -9.14. The molecule has 0 saturated carbocycles. The Bertz CT molecular complexity index is 3650. The Balaban J connectivity index is -0.00000168. The van der Waals surface area contributed by atoms with Gasteiger partial charge in [-0.25, -0.2) is 0 Å². The largest absolute Gasteiger partial charge is 0.504 e. The highest BCUT2D eigenvalue weighted by Crippen LogP contribution is 2.26. The summed E-state index contributed by atoms with van der Waals surface area (Å²) in [7, 11) is 0. The molecule has 2 aromatic rings. The van der Waals surface area contributed by atoms with Crippen LogP contribution in [0.3, 0.4) is 0 Å². The van der Waals surface area contributed by atoms with Crippen LogP contribution in [0, 0.1) is 0 Å². The normalized spacial score (nSPS) is 12.1. The highest BCUT2D eigenvalue weighted by atomic mass is 16.6. The van der Waals surface area contributed by atoms with E-state index in [0.717, 1.165) is 152 Å². The molecular weight excluding hydrogens is 1750 g/mol. The number of allylic oxidation sites excluding steroid dienone is 34. The average molecular weight is 1950 g/mol. The zero-order chi connectivity index (χ0) is 103. The highest BCUT2D eigenvalue weighted by Gasteiger charge is 2.12. The van der Waals surface area contributed by atoms with Crippen molar-refractivity contribution in [1.29, 1.82) is 0 Å². The molecule has 12 N–H and O–H groups in total. The average Bonchev–Trinajstić information content (AvgIpc) is 0.893. The van der Waals surface area contributed by atoms with Crippen molar-refractivity contribution in [3.63, 3.8) is 0 Å². The van der Waals surface area contributed by atoms with E-state index in [1.54, 1.807) is 12.1 Å². The van der Waals surface area contributed by atoms with Gasteiger partial charge >= 0.3 is 5.97 Å². The summed E-state index contributed by atoms with van der Waals surface area (Å²) in [5.74, 6) is -0.718. The molecule has 0 atom stereocenters. The molecule has 0 aromatic heterocycles. The van der Waals surface area contributed by atoms with Crippen molar-refractivity contribution in [1.82, 2.24) is 16.0 Å². The molecule has 0 saturated heterocycles. The number of hydrogen-bond donors (Lipinski definition) is 12. The topological polar surface area (TPSA) is 305 Å². The maximum Gasteiger partial charge on any atom is 0.306 e. The van der Waals surface area contributed by atoms with Gasteiger partial charge in [-0.2, -0.15) is 0 Å². The Morgan fingerprint density at radius 2 is 0.486 bits per heavy atom. The van der Waals surface area contributed by atoms with E-state index in [-0.39, 0.29) is 79.7 Å². The first-order chi connectivity index (χ1) is 68.7. The number of benzene rings is 2. The Kier molecular flexibility index (Phi) is 111. The Labute approximate surface area is 852 Å². The summed E-state index contributed by atoms with van der Waals surface area (Å²) in [5.41, 5.74) is 1.77. The maximum absolute atomic E-state index is 11.9. The van der Waals surface area contributed by atoms with Crippen molar-refractivity contribution >= 4 is 23.7 Å². The molecular formula is C122H199N3O15. The smallest absolute Gasteiger partial charge is 0.306 e. The molecule has 0 bridgehead atoms. The first-order valence-electron chi connectivity index (χ1n) is 54.4. The molecule has 18 heteroatoms. The lowest BCUT2D eigenvalue weighted by atomic mass is 10.1. The number of esters is 1. The fourth-order valence-electron chi connectivity index (χ4n) is 13.5. The predicted octanol–water partition coefficient (Wildman–Crippen LogP) is 29.5. The van der Waals surface area contributed by atoms with E-state index in [4.69, 9.17) is 35.0 Å². The lowest BCUT2D eigenvalue weighted by Gasteiger charge is -2.11. The van der Waals surface area contributed by atoms with Crippen molar-refractivity contribution in [2.75, 3.05) is 59.3 Å². The number of phenols is 4. The molecule has 0 heterocycles. The second-order valence-electron chi connectivity index (χ2n) is 35.1. The molecule has 140 heavy (non-hydrogen) atoms. The van der Waals surface area contributed by atoms with Gasteiger partial charge in [0, 0.05) is 51.9 Å². The van der Waals surface area contributed by atoms with Crippen molar-refractivity contribution in [2.24, 2.45) is 0 Å². The molecule has 2 rings (SSSR count). The predicted molar refractivity (Wildman–Crippen MR) is 594 cm³/mol. The third kappa shape index (κ3) is 108. The lowest BCUT2D eigenvalue weighted by Crippen LogP contribution is -2.25. The second kappa shape index (κ2) is 115. The number of carbonyl (C=O) groups is 4. The summed E-state index contributed by atoms with van der Waals surface area (Å²) in [5, 5.41) is 90.0. The monoisotopic (exact) mass is 1950 g/mol. The summed E-state index contributed by atoms with van der Waals surface area (Å²) >= 11 is 0. The summed E-state index contributed by atoms with van der Waals surface area (Å²) in [6.07, 6.45) is 134. The van der Waals surface area contributed by atoms with Gasteiger partial charge in [0.15, 0.2) is 23.0 Å². The molecule has 0 radical (unpaired) electrons. The van der Waals surface area contributed by atoms with Crippen LogP contribution >= 0.6 is 0 Å². The molecule has 0 spiro atoms. The first-order valence-corrected chi connectivity index (χ1v) is 54.4. The summed E-state index contributed by atoms with van der Waals surface area (Å²) in [4.78, 5) is 46.5. The fourth-order valence-corrected chi connectivity index (χ4v) is 13.5. The lowest BCUT2D eigenvalue weighted by molar-refractivity contribution is -0.153. The Morgan fingerprint density at radius 1 is 0.257 bits per heavy atom. The summed E-state index contributed by atoms with van der Waals surface area (Å²) < 4.78 is 10.2. The van der Waals surface area contributed by atoms with E-state index >= 15 is 0 Å². The van der Waals surface area contributed by atoms with Crippen LogP contribution in [-0.2, 0) is 41.5 Å². The number of aliphatic hydroxyl groups excluding tert-OH is 5. The minimum Gasteiger partial charge on any atom is -0.504 e. The van der Waals surface area contributed by atoms with E-state index < -0.39 is 12.2 Å². The van der Waals surface area contributed by atoms with Gasteiger partial charge < -0.3 is 71.4 Å². The van der Waals surface area contributed by atoms with Crippen molar-refractivity contribution in [3.05, 3.63) is 254 Å². The van der Waals surface area contributed by atoms with Gasteiger partial charge in [-0.3, -0.25) is 19.2 Å². The molecule has 0 fully saturated rings. The van der Waals surface area contributed by atoms with Crippen LogP contribution in [0.1, 0.15) is 392 Å². The fraction of sp³-hybridized carbons (Fsp3) is 0.590. The zero-order valence-electron chi connectivity index (χ0n) is 88.2. The van der Waals surface area contributed by atoms with Crippen molar-refractivity contribution < 1.29 is 74.6 Å². The molecule has 3 amide bonds. The number of hydrogen-bond acceptors (Lipinski definition) is 15.